The van der Waals surface area contributed by atoms with Gasteiger partial charge in [-0.15, -0.1) is 0 Å². The Bertz CT molecular complexity index is 294. The lowest BCUT2D eigenvalue weighted by Crippen LogP contribution is -2.16. The number of aliphatic hydroxyl groups is 1. The number of H-pyrrole nitrogens is 1. The number of hydrogen-bond donors (Lipinski definition) is 3. The second-order valence-electron chi connectivity index (χ2n) is 4.08. The third-order valence-electron chi connectivity index (χ3n) is 2.15. The lowest BCUT2D eigenvalue weighted by molar-refractivity contribution is 0.264. The molecule has 1 atom stereocenters. The number of nitrogens with zero attached hydrogens (tertiary/aromatic N) is 1. The summed E-state index contributed by atoms with van der Waals surface area (Å²) in [5.41, 5.74) is 7.77. The minimum Gasteiger partial charge on any atom is -0.394 e. The predicted octanol–water partition coefficient (Wildman–Crippen LogP) is 0.909. The molecule has 4 heteroatoms. The second-order valence-corrected chi connectivity index (χ2v) is 4.08. The third-order valence-corrected chi connectivity index (χ3v) is 2.15. The molecule has 0 aliphatic rings. The molecule has 0 bridgehead atoms. The number of aliphatic hydroxyl groups excluding tert-OH is 1. The van der Waals surface area contributed by atoms with Gasteiger partial charge in [0.05, 0.1) is 18.3 Å². The summed E-state index contributed by atoms with van der Waals surface area (Å²) in [5.74, 6) is 1.26. The smallest absolute Gasteiger partial charge is 0.125 e. The van der Waals surface area contributed by atoms with Crippen molar-refractivity contribution in [3.8, 4) is 0 Å². The van der Waals surface area contributed by atoms with Crippen molar-refractivity contribution in [2.45, 2.75) is 33.2 Å². The van der Waals surface area contributed by atoms with E-state index in [0.29, 0.717) is 11.7 Å². The first-order valence-corrected chi connectivity index (χ1v) is 4.96. The van der Waals surface area contributed by atoms with Crippen LogP contribution in [0.1, 0.15) is 37.1 Å². The Hall–Kier alpha value is -0.870. The van der Waals surface area contributed by atoms with E-state index in [9.17, 15) is 0 Å². The van der Waals surface area contributed by atoms with Crippen molar-refractivity contribution in [3.05, 3.63) is 17.2 Å². The highest BCUT2D eigenvalue weighted by molar-refractivity contribution is 5.15. The molecule has 0 radical (unpaired) electrons. The summed E-state index contributed by atoms with van der Waals surface area (Å²) in [6.07, 6.45) is 0.945. The quantitative estimate of drug-likeness (QED) is 0.671. The van der Waals surface area contributed by atoms with E-state index in [0.717, 1.165) is 17.8 Å². The van der Waals surface area contributed by atoms with E-state index in [2.05, 4.69) is 23.8 Å². The van der Waals surface area contributed by atoms with E-state index < -0.39 is 6.04 Å². The van der Waals surface area contributed by atoms with Gasteiger partial charge in [-0.2, -0.15) is 0 Å². The lowest BCUT2D eigenvalue weighted by atomic mass is 10.1. The Kier molecular flexibility index (Phi) is 3.66. The van der Waals surface area contributed by atoms with E-state index in [1.54, 1.807) is 0 Å². The number of aromatic nitrogens is 2. The average Bonchev–Trinajstić information content (AvgIpc) is 2.46. The number of aryl methyl sites for hydroxylation is 1. The van der Waals surface area contributed by atoms with Crippen LogP contribution in [0.3, 0.4) is 0 Å². The molecule has 0 aliphatic carbocycles. The largest absolute Gasteiger partial charge is 0.394 e. The van der Waals surface area contributed by atoms with Gasteiger partial charge in [0.15, 0.2) is 0 Å². The molecule has 0 amide bonds. The highest BCUT2D eigenvalue weighted by Crippen LogP contribution is 2.13. The summed E-state index contributed by atoms with van der Waals surface area (Å²) in [6, 6.07) is -0.394. The van der Waals surface area contributed by atoms with Gasteiger partial charge in [0.1, 0.15) is 5.82 Å². The summed E-state index contributed by atoms with van der Waals surface area (Å²) >= 11 is 0. The normalized spacial score (nSPS) is 13.6. The minimum atomic E-state index is -0.394. The van der Waals surface area contributed by atoms with E-state index >= 15 is 0 Å². The molecule has 1 heterocycles. The zero-order chi connectivity index (χ0) is 10.7. The van der Waals surface area contributed by atoms with Crippen LogP contribution < -0.4 is 5.73 Å². The molecule has 1 aromatic rings. The number of nitrogens with one attached hydrogen (secondary N) is 1. The van der Waals surface area contributed by atoms with Crippen molar-refractivity contribution >= 4 is 0 Å². The maximum atomic E-state index is 8.89. The Morgan fingerprint density at radius 2 is 2.14 bits per heavy atom. The molecular weight excluding hydrogens is 178 g/mol. The maximum absolute atomic E-state index is 8.89. The number of aromatic amines is 1. The average molecular weight is 197 g/mol. The monoisotopic (exact) mass is 197 g/mol. The van der Waals surface area contributed by atoms with Crippen molar-refractivity contribution in [2.24, 2.45) is 11.7 Å². The van der Waals surface area contributed by atoms with Crippen LogP contribution in [0.5, 0.6) is 0 Å². The van der Waals surface area contributed by atoms with Gasteiger partial charge >= 0.3 is 0 Å². The van der Waals surface area contributed by atoms with Crippen LogP contribution in [0.4, 0.5) is 0 Å². The van der Waals surface area contributed by atoms with Gasteiger partial charge in [0, 0.05) is 5.69 Å². The molecule has 4 nitrogen and oxygen atoms in total. The number of rotatable bonds is 4. The molecule has 1 aromatic heterocycles. The highest BCUT2D eigenvalue weighted by atomic mass is 16.3. The molecule has 1 unspecified atom stereocenters. The van der Waals surface area contributed by atoms with E-state index in [1.165, 1.54) is 0 Å². The second kappa shape index (κ2) is 4.57. The van der Waals surface area contributed by atoms with Crippen LogP contribution in [0, 0.1) is 12.8 Å². The highest BCUT2D eigenvalue weighted by Gasteiger charge is 2.12. The fraction of sp³-hybridized carbons (Fsp3) is 0.700. The maximum Gasteiger partial charge on any atom is 0.125 e. The minimum absolute atomic E-state index is 0.0753. The first kappa shape index (κ1) is 11.2. The van der Waals surface area contributed by atoms with Crippen molar-refractivity contribution in [2.75, 3.05) is 6.61 Å². The topological polar surface area (TPSA) is 74.9 Å². The predicted molar refractivity (Wildman–Crippen MR) is 55.9 cm³/mol. The van der Waals surface area contributed by atoms with E-state index in [-0.39, 0.29) is 6.61 Å². The van der Waals surface area contributed by atoms with Gasteiger partial charge in [-0.3, -0.25) is 0 Å². The van der Waals surface area contributed by atoms with Crippen molar-refractivity contribution in [1.29, 1.82) is 0 Å². The van der Waals surface area contributed by atoms with Crippen molar-refractivity contribution in [1.82, 2.24) is 9.97 Å². The summed E-state index contributed by atoms with van der Waals surface area (Å²) < 4.78 is 0. The van der Waals surface area contributed by atoms with Gasteiger partial charge in [0.2, 0.25) is 0 Å². The molecular formula is C10H19N3O. The summed E-state index contributed by atoms with van der Waals surface area (Å²) in [7, 11) is 0. The Labute approximate surface area is 84.5 Å². The molecule has 0 aliphatic heterocycles. The molecule has 1 rings (SSSR count). The Balaban J connectivity index is 2.82. The van der Waals surface area contributed by atoms with Gasteiger partial charge in [0.25, 0.3) is 0 Å². The zero-order valence-corrected chi connectivity index (χ0v) is 9.04. The van der Waals surface area contributed by atoms with Crippen LogP contribution in [0.25, 0.3) is 0 Å². The van der Waals surface area contributed by atoms with Gasteiger partial charge in [-0.25, -0.2) is 4.98 Å². The van der Waals surface area contributed by atoms with Crippen LogP contribution in [-0.2, 0) is 6.42 Å². The molecule has 0 saturated carbocycles. The number of imidazole rings is 1. The van der Waals surface area contributed by atoms with Gasteiger partial charge < -0.3 is 15.8 Å². The third kappa shape index (κ3) is 2.56. The molecule has 0 aromatic carbocycles. The van der Waals surface area contributed by atoms with Crippen LogP contribution >= 0.6 is 0 Å². The first-order chi connectivity index (χ1) is 6.54. The van der Waals surface area contributed by atoms with Crippen molar-refractivity contribution in [3.63, 3.8) is 0 Å². The summed E-state index contributed by atoms with van der Waals surface area (Å²) in [4.78, 5) is 7.48. The SMILES string of the molecule is Cc1[nH]c(C(N)CO)nc1CC(C)C. The molecule has 4 N–H and O–H groups in total. The summed E-state index contributed by atoms with van der Waals surface area (Å²) in [5, 5.41) is 8.89. The molecule has 0 fully saturated rings. The Morgan fingerprint density at radius 1 is 1.50 bits per heavy atom. The number of nitrogens with two attached hydrogens (primary N) is 1. The van der Waals surface area contributed by atoms with Crippen LogP contribution in [0.2, 0.25) is 0 Å². The van der Waals surface area contributed by atoms with Gasteiger partial charge in [-0.1, -0.05) is 13.8 Å². The Morgan fingerprint density at radius 3 is 2.64 bits per heavy atom. The van der Waals surface area contributed by atoms with E-state index in [4.69, 9.17) is 10.8 Å². The summed E-state index contributed by atoms with van der Waals surface area (Å²) in [6.45, 7) is 6.21. The molecule has 80 valence electrons. The zero-order valence-electron chi connectivity index (χ0n) is 9.04. The molecule has 0 spiro atoms. The van der Waals surface area contributed by atoms with Crippen molar-refractivity contribution < 1.29 is 5.11 Å². The number of hydrogen-bond acceptors (Lipinski definition) is 3. The molecule has 14 heavy (non-hydrogen) atoms. The fourth-order valence-corrected chi connectivity index (χ4v) is 1.37. The van der Waals surface area contributed by atoms with Gasteiger partial charge in [-0.05, 0) is 19.3 Å². The first-order valence-electron chi connectivity index (χ1n) is 4.96. The standard InChI is InChI=1S/C10H19N3O/c1-6(2)4-9-7(3)12-10(13-9)8(11)5-14/h6,8,14H,4-5,11H2,1-3H3,(H,12,13). The molecule has 0 saturated heterocycles. The lowest BCUT2D eigenvalue weighted by Gasteiger charge is -2.02. The van der Waals surface area contributed by atoms with Crippen LogP contribution in [0.15, 0.2) is 0 Å². The fourth-order valence-electron chi connectivity index (χ4n) is 1.37. The van der Waals surface area contributed by atoms with Crippen LogP contribution in [-0.4, -0.2) is 21.7 Å². The van der Waals surface area contributed by atoms with E-state index in [1.807, 2.05) is 6.92 Å².